The van der Waals surface area contributed by atoms with E-state index in [1.54, 1.807) is 0 Å². The van der Waals surface area contributed by atoms with Crippen molar-refractivity contribution in [3.05, 3.63) is 47.5 Å². The molecule has 0 atom stereocenters. The predicted molar refractivity (Wildman–Crippen MR) is 101 cm³/mol. The van der Waals surface area contributed by atoms with Crippen molar-refractivity contribution < 1.29 is 9.59 Å². The summed E-state index contributed by atoms with van der Waals surface area (Å²) in [6, 6.07) is 11.3. The molecule has 0 aromatic heterocycles. The monoisotopic (exact) mass is 387 g/mol. The summed E-state index contributed by atoms with van der Waals surface area (Å²) >= 11 is 3.44. The van der Waals surface area contributed by atoms with Crippen LogP contribution in [0.2, 0.25) is 0 Å². The molecule has 3 rings (SSSR count). The molecule has 2 aromatic carbocycles. The van der Waals surface area contributed by atoms with Gasteiger partial charge in [0, 0.05) is 28.4 Å². The summed E-state index contributed by atoms with van der Waals surface area (Å²) in [6.07, 6.45) is 6.77. The molecule has 0 aliphatic carbocycles. The molecule has 4 heteroatoms. The second-order valence-electron chi connectivity index (χ2n) is 6.28. The molecule has 0 saturated heterocycles. The van der Waals surface area contributed by atoms with Gasteiger partial charge in [0.1, 0.15) is 0 Å². The second-order valence-corrected chi connectivity index (χ2v) is 7.07. The van der Waals surface area contributed by atoms with Crippen LogP contribution in [0.4, 0.5) is 0 Å². The average Bonchev–Trinajstić information content (AvgIpc) is 2.61. The molecule has 0 bridgehead atoms. The van der Waals surface area contributed by atoms with Gasteiger partial charge in [-0.25, -0.2) is 0 Å². The molecule has 0 saturated carbocycles. The maximum Gasteiger partial charge on any atom is 0.261 e. The molecule has 0 spiro atoms. The molecule has 24 heavy (non-hydrogen) atoms. The Morgan fingerprint density at radius 2 is 1.29 bits per heavy atom. The lowest BCUT2D eigenvalue weighted by Crippen LogP contribution is -2.40. The smallest absolute Gasteiger partial charge is 0.261 e. The first-order valence-corrected chi connectivity index (χ1v) is 9.80. The van der Waals surface area contributed by atoms with E-state index in [-0.39, 0.29) is 11.8 Å². The number of rotatable bonds is 8. The maximum absolute atomic E-state index is 12.7. The summed E-state index contributed by atoms with van der Waals surface area (Å²) in [6.45, 7) is 0.515. The number of hydrogen-bond donors (Lipinski definition) is 0. The first-order valence-electron chi connectivity index (χ1n) is 8.68. The average molecular weight is 388 g/mol. The van der Waals surface area contributed by atoms with Gasteiger partial charge in [0.2, 0.25) is 0 Å². The standard InChI is InChI=1S/C20H22BrNO2/c21-13-5-3-1-2-4-6-14-22-19(23)16-11-7-9-15-10-8-12-17(18(15)16)20(22)24/h7-12H,1-6,13-14H2. The van der Waals surface area contributed by atoms with E-state index in [4.69, 9.17) is 0 Å². The number of benzene rings is 2. The van der Waals surface area contributed by atoms with E-state index < -0.39 is 0 Å². The van der Waals surface area contributed by atoms with Gasteiger partial charge in [-0.2, -0.15) is 0 Å². The summed E-state index contributed by atoms with van der Waals surface area (Å²) < 4.78 is 0. The van der Waals surface area contributed by atoms with Crippen LogP contribution in [0.1, 0.15) is 59.2 Å². The number of carbonyl (C=O) groups is 2. The summed E-state index contributed by atoms with van der Waals surface area (Å²) in [7, 11) is 0. The third-order valence-electron chi connectivity index (χ3n) is 4.62. The molecule has 1 heterocycles. The zero-order valence-corrected chi connectivity index (χ0v) is 15.3. The molecular formula is C20H22BrNO2. The first kappa shape index (κ1) is 17.2. The van der Waals surface area contributed by atoms with Gasteiger partial charge in [-0.1, -0.05) is 65.9 Å². The van der Waals surface area contributed by atoms with E-state index in [1.165, 1.54) is 24.2 Å². The van der Waals surface area contributed by atoms with Crippen molar-refractivity contribution in [2.24, 2.45) is 0 Å². The van der Waals surface area contributed by atoms with E-state index in [0.717, 1.165) is 35.4 Å². The van der Waals surface area contributed by atoms with Crippen LogP contribution in [-0.4, -0.2) is 28.6 Å². The lowest BCUT2D eigenvalue weighted by atomic mass is 9.94. The number of nitrogens with zero attached hydrogens (tertiary/aromatic N) is 1. The normalized spacial score (nSPS) is 13.8. The molecule has 0 N–H and O–H groups in total. The van der Waals surface area contributed by atoms with Crippen molar-refractivity contribution in [2.75, 3.05) is 11.9 Å². The fraction of sp³-hybridized carbons (Fsp3) is 0.400. The minimum absolute atomic E-state index is 0.149. The van der Waals surface area contributed by atoms with Crippen molar-refractivity contribution in [1.82, 2.24) is 4.90 Å². The Kier molecular flexibility index (Phi) is 5.67. The number of unbranched alkanes of at least 4 members (excludes halogenated alkanes) is 5. The Labute approximate surface area is 151 Å². The molecular weight excluding hydrogens is 366 g/mol. The lowest BCUT2D eigenvalue weighted by molar-refractivity contribution is 0.0608. The highest BCUT2D eigenvalue weighted by Crippen LogP contribution is 2.30. The molecule has 2 amide bonds. The number of amides is 2. The molecule has 2 aromatic rings. The van der Waals surface area contributed by atoms with E-state index in [9.17, 15) is 9.59 Å². The van der Waals surface area contributed by atoms with Gasteiger partial charge in [-0.05, 0) is 30.4 Å². The minimum atomic E-state index is -0.149. The summed E-state index contributed by atoms with van der Waals surface area (Å²) in [5, 5.41) is 2.83. The van der Waals surface area contributed by atoms with E-state index in [1.807, 2.05) is 36.4 Å². The Hall–Kier alpha value is -1.68. The van der Waals surface area contributed by atoms with Crippen LogP contribution in [0.15, 0.2) is 36.4 Å². The molecule has 0 unspecified atom stereocenters. The van der Waals surface area contributed by atoms with Gasteiger partial charge >= 0.3 is 0 Å². The topological polar surface area (TPSA) is 37.4 Å². The number of halogens is 1. The van der Waals surface area contributed by atoms with Gasteiger partial charge < -0.3 is 0 Å². The van der Waals surface area contributed by atoms with Crippen LogP contribution >= 0.6 is 15.9 Å². The van der Waals surface area contributed by atoms with Crippen molar-refractivity contribution in [1.29, 1.82) is 0 Å². The predicted octanol–water partition coefficient (Wildman–Crippen LogP) is 5.17. The third kappa shape index (κ3) is 3.39. The number of alkyl halides is 1. The molecule has 126 valence electrons. The van der Waals surface area contributed by atoms with Gasteiger partial charge in [-0.3, -0.25) is 14.5 Å². The molecule has 1 aliphatic rings. The highest BCUT2D eigenvalue weighted by Gasteiger charge is 2.31. The van der Waals surface area contributed by atoms with E-state index in [2.05, 4.69) is 15.9 Å². The SMILES string of the molecule is O=C1c2cccc3cccc(c23)C(=O)N1CCCCCCCCBr. The van der Waals surface area contributed by atoms with Crippen LogP contribution in [0.5, 0.6) is 0 Å². The van der Waals surface area contributed by atoms with E-state index >= 15 is 0 Å². The third-order valence-corrected chi connectivity index (χ3v) is 5.18. The highest BCUT2D eigenvalue weighted by atomic mass is 79.9. The maximum atomic E-state index is 12.7. The fourth-order valence-electron chi connectivity index (χ4n) is 3.36. The largest absolute Gasteiger partial charge is 0.274 e. The lowest BCUT2D eigenvalue weighted by Gasteiger charge is -2.27. The van der Waals surface area contributed by atoms with Crippen LogP contribution in [0.25, 0.3) is 10.8 Å². The Morgan fingerprint density at radius 3 is 1.88 bits per heavy atom. The van der Waals surface area contributed by atoms with Crippen molar-refractivity contribution in [3.63, 3.8) is 0 Å². The van der Waals surface area contributed by atoms with Crippen molar-refractivity contribution >= 4 is 38.5 Å². The quantitative estimate of drug-likeness (QED) is 0.355. The summed E-state index contributed by atoms with van der Waals surface area (Å²) in [4.78, 5) is 26.9. The van der Waals surface area contributed by atoms with Crippen molar-refractivity contribution in [3.8, 4) is 0 Å². The first-order chi connectivity index (χ1) is 11.7. The number of hydrogen-bond acceptors (Lipinski definition) is 2. The number of imide groups is 1. The Morgan fingerprint density at radius 1 is 0.750 bits per heavy atom. The molecule has 0 fully saturated rings. The Balaban J connectivity index is 1.67. The fourth-order valence-corrected chi connectivity index (χ4v) is 3.75. The van der Waals surface area contributed by atoms with Gasteiger partial charge in [-0.15, -0.1) is 0 Å². The van der Waals surface area contributed by atoms with Crippen LogP contribution in [0, 0.1) is 0 Å². The highest BCUT2D eigenvalue weighted by molar-refractivity contribution is 9.09. The molecule has 1 aliphatic heterocycles. The number of carbonyl (C=O) groups excluding carboxylic acids is 2. The van der Waals surface area contributed by atoms with Gasteiger partial charge in [0.15, 0.2) is 0 Å². The van der Waals surface area contributed by atoms with Gasteiger partial charge in [0.25, 0.3) is 11.8 Å². The summed E-state index contributed by atoms with van der Waals surface area (Å²) in [5.74, 6) is -0.299. The zero-order valence-electron chi connectivity index (χ0n) is 13.8. The van der Waals surface area contributed by atoms with Crippen LogP contribution < -0.4 is 0 Å². The Bertz CT molecular complexity index is 706. The van der Waals surface area contributed by atoms with Crippen LogP contribution in [0.3, 0.4) is 0 Å². The summed E-state index contributed by atoms with van der Waals surface area (Å²) in [5.41, 5.74) is 1.31. The molecule has 0 radical (unpaired) electrons. The van der Waals surface area contributed by atoms with Gasteiger partial charge in [0.05, 0.1) is 0 Å². The minimum Gasteiger partial charge on any atom is -0.274 e. The van der Waals surface area contributed by atoms with E-state index in [0.29, 0.717) is 17.7 Å². The molecule has 3 nitrogen and oxygen atoms in total. The second kappa shape index (κ2) is 7.93. The van der Waals surface area contributed by atoms with Crippen LogP contribution in [-0.2, 0) is 0 Å². The van der Waals surface area contributed by atoms with Crippen molar-refractivity contribution in [2.45, 2.75) is 38.5 Å². The zero-order chi connectivity index (χ0) is 16.9.